The van der Waals surface area contributed by atoms with Crippen molar-refractivity contribution < 1.29 is 9.13 Å². The molecule has 3 aromatic rings. The van der Waals surface area contributed by atoms with Gasteiger partial charge in [-0.05, 0) is 30.3 Å². The van der Waals surface area contributed by atoms with Crippen molar-refractivity contribution >= 4 is 28.3 Å². The Hall–Kier alpha value is -2.40. The molecular weight excluding hydrogens is 293 g/mol. The van der Waals surface area contributed by atoms with Crippen molar-refractivity contribution in [3.05, 3.63) is 47.2 Å². The molecule has 4 nitrogen and oxygen atoms in total. The number of anilines is 1. The fourth-order valence-electron chi connectivity index (χ4n) is 2.13. The summed E-state index contributed by atoms with van der Waals surface area (Å²) >= 11 is 5.93. The summed E-state index contributed by atoms with van der Waals surface area (Å²) in [7, 11) is 1.46. The van der Waals surface area contributed by atoms with Gasteiger partial charge in [-0.25, -0.2) is 14.4 Å². The molecule has 6 heteroatoms. The average Bonchev–Trinajstić information content (AvgIpc) is 2.47. The quantitative estimate of drug-likeness (QED) is 0.784. The number of ether oxygens (including phenoxy) is 1. The van der Waals surface area contributed by atoms with Crippen molar-refractivity contribution in [3.63, 3.8) is 0 Å². The number of rotatable bonds is 2. The third-order valence-corrected chi connectivity index (χ3v) is 3.34. The number of hydrogen-bond acceptors (Lipinski definition) is 4. The molecule has 2 N–H and O–H groups in total. The maximum absolute atomic E-state index is 14.1. The van der Waals surface area contributed by atoms with Crippen LogP contribution >= 0.6 is 11.6 Å². The van der Waals surface area contributed by atoms with Crippen molar-refractivity contribution in [1.82, 2.24) is 9.97 Å². The number of nitrogens with two attached hydrogens (primary N) is 1. The highest BCUT2D eigenvalue weighted by atomic mass is 35.5. The minimum atomic E-state index is -0.470. The molecule has 0 radical (unpaired) electrons. The summed E-state index contributed by atoms with van der Waals surface area (Å²) in [4.78, 5) is 8.52. The van der Waals surface area contributed by atoms with E-state index >= 15 is 0 Å². The van der Waals surface area contributed by atoms with Gasteiger partial charge in [0.25, 0.3) is 0 Å². The number of hydrogen-bond donors (Lipinski definition) is 1. The fourth-order valence-corrected chi connectivity index (χ4v) is 2.30. The van der Waals surface area contributed by atoms with E-state index in [1.807, 2.05) is 0 Å². The Kier molecular flexibility index (Phi) is 3.35. The molecule has 106 valence electrons. The Labute approximate surface area is 125 Å². The molecule has 0 atom stereocenters. The van der Waals surface area contributed by atoms with Crippen molar-refractivity contribution in [2.24, 2.45) is 0 Å². The first-order valence-electron chi connectivity index (χ1n) is 6.16. The van der Waals surface area contributed by atoms with Crippen LogP contribution in [0.15, 0.2) is 36.4 Å². The van der Waals surface area contributed by atoms with Gasteiger partial charge in [-0.3, -0.25) is 0 Å². The predicted octanol–water partition coefficient (Wildman–Crippen LogP) is 3.68. The van der Waals surface area contributed by atoms with Crippen LogP contribution in [0.1, 0.15) is 0 Å². The van der Waals surface area contributed by atoms with Crippen LogP contribution < -0.4 is 10.5 Å². The summed E-state index contributed by atoms with van der Waals surface area (Å²) in [6, 6.07) is 9.61. The molecule has 0 bridgehead atoms. The first-order chi connectivity index (χ1) is 10.1. The van der Waals surface area contributed by atoms with E-state index < -0.39 is 5.82 Å². The molecule has 2 aromatic carbocycles. The third-order valence-electron chi connectivity index (χ3n) is 3.11. The molecule has 0 amide bonds. The van der Waals surface area contributed by atoms with E-state index in [9.17, 15) is 4.39 Å². The molecule has 3 rings (SSSR count). The zero-order chi connectivity index (χ0) is 15.0. The number of nitrogen functional groups attached to an aromatic ring is 1. The van der Waals surface area contributed by atoms with Crippen LogP contribution in [0.3, 0.4) is 0 Å². The number of aromatic nitrogens is 2. The molecule has 0 aliphatic rings. The van der Waals surface area contributed by atoms with E-state index in [0.29, 0.717) is 21.7 Å². The Bertz CT molecular complexity index is 839. The number of fused-ring (bicyclic) bond motifs is 1. The molecule has 1 heterocycles. The molecule has 0 fully saturated rings. The maximum atomic E-state index is 14.1. The van der Waals surface area contributed by atoms with Gasteiger partial charge in [0, 0.05) is 10.4 Å². The van der Waals surface area contributed by atoms with E-state index in [-0.39, 0.29) is 17.2 Å². The van der Waals surface area contributed by atoms with Crippen LogP contribution in [0.5, 0.6) is 5.75 Å². The molecule has 0 saturated carbocycles. The molecule has 0 aliphatic carbocycles. The van der Waals surface area contributed by atoms with Gasteiger partial charge in [-0.2, -0.15) is 0 Å². The molecule has 0 aliphatic heterocycles. The van der Waals surface area contributed by atoms with Gasteiger partial charge in [-0.1, -0.05) is 17.7 Å². The van der Waals surface area contributed by atoms with Crippen LogP contribution in [0.25, 0.3) is 22.3 Å². The van der Waals surface area contributed by atoms with Crippen LogP contribution in [0.2, 0.25) is 5.02 Å². The second kappa shape index (κ2) is 5.18. The summed E-state index contributed by atoms with van der Waals surface area (Å²) in [5.74, 6) is 0.296. The van der Waals surface area contributed by atoms with Crippen molar-refractivity contribution in [2.75, 3.05) is 12.8 Å². The predicted molar refractivity (Wildman–Crippen MR) is 80.9 cm³/mol. The highest BCUT2D eigenvalue weighted by Gasteiger charge is 2.16. The van der Waals surface area contributed by atoms with E-state index in [4.69, 9.17) is 22.1 Å². The lowest BCUT2D eigenvalue weighted by Gasteiger charge is -2.10. The first kappa shape index (κ1) is 13.6. The van der Waals surface area contributed by atoms with Crippen molar-refractivity contribution in [1.29, 1.82) is 0 Å². The smallest absolute Gasteiger partial charge is 0.168 e. The minimum Gasteiger partial charge on any atom is -0.496 e. The lowest BCUT2D eigenvalue weighted by molar-refractivity contribution is 0.413. The minimum absolute atomic E-state index is 0.178. The van der Waals surface area contributed by atoms with Gasteiger partial charge in [-0.15, -0.1) is 0 Å². The zero-order valence-corrected chi connectivity index (χ0v) is 11.9. The van der Waals surface area contributed by atoms with Gasteiger partial charge in [0.05, 0.1) is 18.2 Å². The lowest BCUT2D eigenvalue weighted by atomic mass is 10.1. The number of benzene rings is 2. The van der Waals surface area contributed by atoms with Gasteiger partial charge in [0.1, 0.15) is 17.4 Å². The Morgan fingerprint density at radius 3 is 2.76 bits per heavy atom. The number of halogens is 2. The lowest BCUT2D eigenvalue weighted by Crippen LogP contribution is -2.00. The van der Waals surface area contributed by atoms with E-state index in [0.717, 1.165) is 0 Å². The Morgan fingerprint density at radius 1 is 1.19 bits per heavy atom. The van der Waals surface area contributed by atoms with Crippen molar-refractivity contribution in [2.45, 2.75) is 0 Å². The van der Waals surface area contributed by atoms with Crippen LogP contribution in [0, 0.1) is 5.82 Å². The molecule has 0 spiro atoms. The monoisotopic (exact) mass is 303 g/mol. The highest BCUT2D eigenvalue weighted by molar-refractivity contribution is 6.31. The second-order valence-electron chi connectivity index (χ2n) is 4.41. The fraction of sp³-hybridized carbons (Fsp3) is 0.0667. The summed E-state index contributed by atoms with van der Waals surface area (Å²) < 4.78 is 19.3. The summed E-state index contributed by atoms with van der Waals surface area (Å²) in [5.41, 5.74) is 6.71. The average molecular weight is 304 g/mol. The zero-order valence-electron chi connectivity index (χ0n) is 11.1. The molecule has 0 saturated heterocycles. The standard InChI is InChI=1S/C15H11ClFN3O/c1-21-12-4-2-3-10(17)13(12)15-19-11-6-5-8(16)7-9(11)14(18)20-15/h2-7H,1H3,(H2,18,19,20). The Morgan fingerprint density at radius 2 is 2.00 bits per heavy atom. The number of nitrogens with zero attached hydrogens (tertiary/aromatic N) is 2. The van der Waals surface area contributed by atoms with Crippen molar-refractivity contribution in [3.8, 4) is 17.1 Å². The SMILES string of the molecule is COc1cccc(F)c1-c1nc(N)c2cc(Cl)ccc2n1. The van der Waals surface area contributed by atoms with Crippen LogP contribution in [-0.2, 0) is 0 Å². The topological polar surface area (TPSA) is 61.0 Å². The number of methoxy groups -OCH3 is 1. The summed E-state index contributed by atoms with van der Waals surface area (Å²) in [6.45, 7) is 0. The van der Waals surface area contributed by atoms with E-state index in [2.05, 4.69) is 9.97 Å². The first-order valence-corrected chi connectivity index (χ1v) is 6.53. The molecule has 1 aromatic heterocycles. The van der Waals surface area contributed by atoms with Gasteiger partial charge in [0.2, 0.25) is 0 Å². The van der Waals surface area contributed by atoms with Gasteiger partial charge >= 0.3 is 0 Å². The second-order valence-corrected chi connectivity index (χ2v) is 4.85. The van der Waals surface area contributed by atoms with Gasteiger partial charge in [0.15, 0.2) is 5.82 Å². The van der Waals surface area contributed by atoms with E-state index in [1.54, 1.807) is 30.3 Å². The van der Waals surface area contributed by atoms with E-state index in [1.165, 1.54) is 13.2 Å². The summed E-state index contributed by atoms with van der Waals surface area (Å²) in [6.07, 6.45) is 0. The normalized spacial score (nSPS) is 10.8. The molecule has 21 heavy (non-hydrogen) atoms. The molecule has 0 unspecified atom stereocenters. The summed E-state index contributed by atoms with van der Waals surface area (Å²) in [5, 5.41) is 1.16. The van der Waals surface area contributed by atoms with Gasteiger partial charge < -0.3 is 10.5 Å². The third kappa shape index (κ3) is 2.36. The maximum Gasteiger partial charge on any atom is 0.168 e. The Balaban J connectivity index is 2.29. The molecular formula is C15H11ClFN3O. The van der Waals surface area contributed by atoms with Crippen LogP contribution in [-0.4, -0.2) is 17.1 Å². The highest BCUT2D eigenvalue weighted by Crippen LogP contribution is 2.32. The largest absolute Gasteiger partial charge is 0.496 e. The van der Waals surface area contributed by atoms with Crippen LogP contribution in [0.4, 0.5) is 10.2 Å².